The molecule has 5 nitrogen and oxygen atoms in total. The Kier molecular flexibility index (Phi) is 3.68. The molecule has 1 rings (SSSR count). The van der Waals surface area contributed by atoms with Crippen LogP contribution in [0.4, 0.5) is 9.80 Å². The van der Waals surface area contributed by atoms with Gasteiger partial charge in [-0.3, -0.25) is 5.32 Å². The molecular formula is C9H11NO4S. The average Bonchev–Trinajstić information content (AvgIpc) is 2.61. The molecule has 6 heteroatoms. The number of carboxylic acids is 1. The topological polar surface area (TPSA) is 75.6 Å². The number of carbonyl (C=O) groups is 2. The normalized spacial score (nSPS) is 9.73. The van der Waals surface area contributed by atoms with Crippen LogP contribution in [-0.2, 0) is 11.2 Å². The second-order valence-corrected chi connectivity index (χ2v) is 3.87. The van der Waals surface area contributed by atoms with Crippen molar-refractivity contribution in [1.29, 1.82) is 0 Å². The molecule has 2 N–H and O–H groups in total. The number of aryl methyl sites for hydroxylation is 1. The molecule has 82 valence electrons. The first-order valence-electron chi connectivity index (χ1n) is 4.29. The molecule has 0 bridgehead atoms. The molecule has 15 heavy (non-hydrogen) atoms. The van der Waals surface area contributed by atoms with Crippen molar-refractivity contribution in [2.45, 2.75) is 13.3 Å². The number of thiophene rings is 1. The van der Waals surface area contributed by atoms with E-state index in [9.17, 15) is 9.59 Å². The van der Waals surface area contributed by atoms with Crippen LogP contribution in [-0.4, -0.2) is 24.3 Å². The Labute approximate surface area is 90.7 Å². The van der Waals surface area contributed by atoms with Crippen molar-refractivity contribution in [3.63, 3.8) is 0 Å². The highest BCUT2D eigenvalue weighted by atomic mass is 32.1. The largest absolute Gasteiger partial charge is 0.478 e. The Bertz CT molecular complexity index is 385. The van der Waals surface area contributed by atoms with Gasteiger partial charge in [-0.15, -0.1) is 11.3 Å². The molecule has 0 aliphatic heterocycles. The zero-order valence-corrected chi connectivity index (χ0v) is 9.18. The van der Waals surface area contributed by atoms with Gasteiger partial charge in [0.25, 0.3) is 0 Å². The van der Waals surface area contributed by atoms with E-state index in [1.54, 1.807) is 6.07 Å². The maximum atomic E-state index is 10.9. The molecule has 0 aliphatic carbocycles. The van der Waals surface area contributed by atoms with Crippen molar-refractivity contribution in [3.05, 3.63) is 16.5 Å². The van der Waals surface area contributed by atoms with Gasteiger partial charge in [-0.05, 0) is 12.5 Å². The van der Waals surface area contributed by atoms with Gasteiger partial charge in [0, 0.05) is 4.88 Å². The number of anilines is 1. The van der Waals surface area contributed by atoms with Gasteiger partial charge in [-0.2, -0.15) is 0 Å². The summed E-state index contributed by atoms with van der Waals surface area (Å²) in [6.45, 7) is 1.92. The van der Waals surface area contributed by atoms with Gasteiger partial charge in [0.1, 0.15) is 5.00 Å². The van der Waals surface area contributed by atoms with Crippen LogP contribution in [0, 0.1) is 0 Å². The number of nitrogens with one attached hydrogen (secondary N) is 1. The van der Waals surface area contributed by atoms with Gasteiger partial charge in [0.2, 0.25) is 0 Å². The zero-order chi connectivity index (χ0) is 11.4. The first kappa shape index (κ1) is 11.5. The predicted molar refractivity (Wildman–Crippen MR) is 56.7 cm³/mol. The second kappa shape index (κ2) is 4.79. The summed E-state index contributed by atoms with van der Waals surface area (Å²) in [6, 6.07) is 1.55. The van der Waals surface area contributed by atoms with Crippen LogP contribution in [0.25, 0.3) is 0 Å². The van der Waals surface area contributed by atoms with E-state index < -0.39 is 12.1 Å². The lowest BCUT2D eigenvalue weighted by atomic mass is 10.2. The Morgan fingerprint density at radius 2 is 2.27 bits per heavy atom. The number of hydrogen-bond donors (Lipinski definition) is 2. The molecule has 1 amide bonds. The number of ether oxygens (including phenoxy) is 1. The van der Waals surface area contributed by atoms with Crippen molar-refractivity contribution in [2.75, 3.05) is 12.4 Å². The van der Waals surface area contributed by atoms with Crippen LogP contribution in [0.1, 0.15) is 22.2 Å². The molecule has 0 atom stereocenters. The Morgan fingerprint density at radius 1 is 1.60 bits per heavy atom. The minimum Gasteiger partial charge on any atom is -0.478 e. The maximum Gasteiger partial charge on any atom is 0.411 e. The van der Waals surface area contributed by atoms with E-state index in [1.165, 1.54) is 18.4 Å². The summed E-state index contributed by atoms with van der Waals surface area (Å²) in [7, 11) is 1.23. The highest BCUT2D eigenvalue weighted by molar-refractivity contribution is 7.16. The summed E-state index contributed by atoms with van der Waals surface area (Å²) in [4.78, 5) is 22.7. The highest BCUT2D eigenvalue weighted by Gasteiger charge is 2.16. The fourth-order valence-electron chi connectivity index (χ4n) is 1.01. The smallest absolute Gasteiger partial charge is 0.411 e. The van der Waals surface area contributed by atoms with Crippen molar-refractivity contribution in [1.82, 2.24) is 0 Å². The molecule has 0 unspecified atom stereocenters. The van der Waals surface area contributed by atoms with Crippen molar-refractivity contribution in [2.24, 2.45) is 0 Å². The quantitative estimate of drug-likeness (QED) is 0.833. The Hall–Kier alpha value is -1.56. The van der Waals surface area contributed by atoms with E-state index in [4.69, 9.17) is 5.11 Å². The fraction of sp³-hybridized carbons (Fsp3) is 0.333. The average molecular weight is 229 g/mol. The maximum absolute atomic E-state index is 10.9. The van der Waals surface area contributed by atoms with E-state index in [2.05, 4.69) is 10.1 Å². The summed E-state index contributed by atoms with van der Waals surface area (Å²) in [5.41, 5.74) is 0.0993. The van der Waals surface area contributed by atoms with Crippen LogP contribution in [0.2, 0.25) is 0 Å². The number of rotatable bonds is 3. The van der Waals surface area contributed by atoms with Crippen LogP contribution >= 0.6 is 11.3 Å². The van der Waals surface area contributed by atoms with Crippen molar-refractivity contribution in [3.8, 4) is 0 Å². The summed E-state index contributed by atoms with van der Waals surface area (Å²) < 4.78 is 4.40. The van der Waals surface area contributed by atoms with E-state index in [1.807, 2.05) is 6.92 Å². The number of amides is 1. The molecule has 0 fully saturated rings. The molecule has 0 spiro atoms. The van der Waals surface area contributed by atoms with Crippen molar-refractivity contribution < 1.29 is 19.4 Å². The van der Waals surface area contributed by atoms with E-state index in [-0.39, 0.29) is 5.56 Å². The lowest BCUT2D eigenvalue weighted by Crippen LogP contribution is -2.12. The number of hydrogen-bond acceptors (Lipinski definition) is 4. The van der Waals surface area contributed by atoms with Gasteiger partial charge in [-0.1, -0.05) is 6.92 Å². The number of aromatic carboxylic acids is 1. The van der Waals surface area contributed by atoms with Gasteiger partial charge < -0.3 is 9.84 Å². The Morgan fingerprint density at radius 3 is 2.73 bits per heavy atom. The highest BCUT2D eigenvalue weighted by Crippen LogP contribution is 2.28. The van der Waals surface area contributed by atoms with Gasteiger partial charge in [0.15, 0.2) is 0 Å². The zero-order valence-electron chi connectivity index (χ0n) is 8.36. The number of carbonyl (C=O) groups excluding carboxylic acids is 1. The molecule has 1 aromatic heterocycles. The first-order chi connectivity index (χ1) is 7.08. The third kappa shape index (κ3) is 2.69. The molecule has 0 saturated heterocycles. The summed E-state index contributed by atoms with van der Waals surface area (Å²) in [6.07, 6.45) is 0.0651. The van der Waals surface area contributed by atoms with E-state index in [0.717, 1.165) is 11.3 Å². The lowest BCUT2D eigenvalue weighted by Gasteiger charge is -2.01. The predicted octanol–water partition coefficient (Wildman–Crippen LogP) is 2.19. The fourth-order valence-corrected chi connectivity index (χ4v) is 1.99. The minimum atomic E-state index is -1.06. The standard InChI is InChI=1S/C9H11NO4S/c1-3-5-4-6(8(11)12)7(15-5)10-9(13)14-2/h4H,3H2,1-2H3,(H,10,13)(H,11,12). The monoisotopic (exact) mass is 229 g/mol. The van der Waals surface area contributed by atoms with Crippen LogP contribution < -0.4 is 5.32 Å². The summed E-state index contributed by atoms with van der Waals surface area (Å²) >= 11 is 1.24. The number of carboxylic acid groups (broad SMARTS) is 1. The second-order valence-electron chi connectivity index (χ2n) is 2.73. The van der Waals surface area contributed by atoms with Crippen molar-refractivity contribution >= 4 is 28.4 Å². The first-order valence-corrected chi connectivity index (χ1v) is 5.11. The van der Waals surface area contributed by atoms with Gasteiger partial charge >= 0.3 is 12.1 Å². The number of methoxy groups -OCH3 is 1. The minimum absolute atomic E-state index is 0.0993. The molecule has 0 saturated carbocycles. The molecule has 1 aromatic rings. The molecular weight excluding hydrogens is 218 g/mol. The molecule has 1 heterocycles. The summed E-state index contributed by atoms with van der Waals surface area (Å²) in [5, 5.41) is 11.6. The van der Waals surface area contributed by atoms with Gasteiger partial charge in [0.05, 0.1) is 12.7 Å². The lowest BCUT2D eigenvalue weighted by molar-refractivity contribution is 0.0698. The van der Waals surface area contributed by atoms with Crippen LogP contribution in [0.15, 0.2) is 6.07 Å². The SMILES string of the molecule is CCc1cc(C(=O)O)c(NC(=O)OC)s1. The Balaban J connectivity index is 2.98. The van der Waals surface area contributed by atoms with E-state index >= 15 is 0 Å². The third-order valence-corrected chi connectivity index (χ3v) is 2.96. The van der Waals surface area contributed by atoms with Crippen LogP contribution in [0.5, 0.6) is 0 Å². The van der Waals surface area contributed by atoms with Crippen LogP contribution in [0.3, 0.4) is 0 Å². The molecule has 0 aromatic carbocycles. The molecule has 0 aliphatic rings. The molecule has 0 radical (unpaired) electrons. The van der Waals surface area contributed by atoms with Gasteiger partial charge in [-0.25, -0.2) is 9.59 Å². The van der Waals surface area contributed by atoms with E-state index in [0.29, 0.717) is 5.00 Å². The summed E-state index contributed by atoms with van der Waals surface area (Å²) in [5.74, 6) is -1.06. The third-order valence-electron chi connectivity index (χ3n) is 1.76.